The molecular weight excluding hydrogens is 1000 g/mol. The fourth-order valence-electron chi connectivity index (χ4n) is 10.6. The van der Waals surface area contributed by atoms with Gasteiger partial charge in [-0.05, 0) is 131 Å². The number of aromatic nitrogens is 4. The summed E-state index contributed by atoms with van der Waals surface area (Å²) in [6, 6.07) is 57.2. The Morgan fingerprint density at radius 3 is 1.48 bits per heavy atom. The van der Waals surface area contributed by atoms with Gasteiger partial charge in [0.05, 0.1) is 36.4 Å². The third kappa shape index (κ3) is 11.9. The van der Waals surface area contributed by atoms with E-state index in [0.717, 1.165) is 54.4 Å². The molecule has 2 aromatic heterocycles. The van der Waals surface area contributed by atoms with Gasteiger partial charge in [-0.15, -0.1) is 0 Å². The second kappa shape index (κ2) is 22.7. The van der Waals surface area contributed by atoms with Crippen molar-refractivity contribution in [2.24, 2.45) is 0 Å². The molecule has 1 N–H and O–H groups in total. The normalized spacial score (nSPS) is 15.8. The molecule has 0 aliphatic carbocycles. The Balaban J connectivity index is 0.000000145. The molecule has 75 heavy (non-hydrogen) atoms. The number of rotatable bonds is 12. The lowest BCUT2D eigenvalue weighted by Gasteiger charge is -2.56. The van der Waals surface area contributed by atoms with E-state index in [2.05, 4.69) is 158 Å². The van der Waals surface area contributed by atoms with Crippen LogP contribution in [-0.4, -0.2) is 91.4 Å². The Hall–Kier alpha value is -7.19. The zero-order valence-corrected chi connectivity index (χ0v) is 43.8. The minimum atomic E-state index is -0.494. The van der Waals surface area contributed by atoms with Gasteiger partial charge in [-0.25, -0.2) is 19.9 Å². The van der Waals surface area contributed by atoms with Crippen LogP contribution in [0.1, 0.15) is 80.0 Å². The van der Waals surface area contributed by atoms with Crippen LogP contribution in [0.4, 0.5) is 11.6 Å². The van der Waals surface area contributed by atoms with Crippen molar-refractivity contribution in [1.82, 2.24) is 29.7 Å². The van der Waals surface area contributed by atoms with Gasteiger partial charge >= 0.3 is 0 Å². The second-order valence-electron chi connectivity index (χ2n) is 19.6. The number of fused-ring (bicyclic) bond motifs is 2. The third-order valence-corrected chi connectivity index (χ3v) is 14.5. The van der Waals surface area contributed by atoms with Crippen LogP contribution in [0.15, 0.2) is 182 Å². The zero-order chi connectivity index (χ0) is 51.9. The van der Waals surface area contributed by atoms with Crippen molar-refractivity contribution in [2.75, 3.05) is 49.6 Å². The average Bonchev–Trinajstić information content (AvgIpc) is 4.10. The number of benzene rings is 6. The molecule has 0 atom stereocenters. The third-order valence-electron chi connectivity index (χ3n) is 13.9. The monoisotopic (exact) mass is 1060 g/mol. The lowest BCUT2D eigenvalue weighted by atomic mass is 9.84. The van der Waals surface area contributed by atoms with Crippen LogP contribution >= 0.6 is 34.8 Å². The van der Waals surface area contributed by atoms with Crippen molar-refractivity contribution in [3.05, 3.63) is 237 Å². The van der Waals surface area contributed by atoms with Crippen molar-refractivity contribution in [3.8, 4) is 11.5 Å². The fraction of sp³-hybridized carbons (Fsp3) is 0.233. The molecule has 12 rings (SSSR count). The van der Waals surface area contributed by atoms with Crippen LogP contribution < -0.4 is 19.7 Å². The second-order valence-corrected chi connectivity index (χ2v) is 20.6. The molecule has 12 nitrogen and oxygen atoms in total. The quantitative estimate of drug-likeness (QED) is 0.0928. The predicted octanol–water partition coefficient (Wildman–Crippen LogP) is 12.0. The number of likely N-dealkylation sites (tertiary alicyclic amines) is 2. The standard InChI is InChI=1S/C30H27ClN4O2.C21H21ClN4.C9H7ClO2/c1-30(19-34(20-30)27(21-8-4-2-5-9-21)22-10-6-3-7-11-22)35(26-14-16-32-29(31)33-26)28(36)24-12-13-25-23(18-24)15-17-37-25;1-21(25-18-12-13-23-20(22)24-18)14-26(15-21)19(16-8-4-2-5-9-16)17-10-6-3-7-11-17;10-9(11)7-1-2-8-6(5-7)3-4-12-8/h2-14,16,18,27H,15,17,19-20H2,1H3;2-13,19H,14-15H2,1H3,(H,23,24,25);1-2,5H,3-4H2. The maximum absolute atomic E-state index is 14.1. The van der Waals surface area contributed by atoms with Crippen molar-refractivity contribution in [1.29, 1.82) is 0 Å². The first kappa shape index (κ1) is 51.3. The lowest BCUT2D eigenvalue weighted by Crippen LogP contribution is -2.70. The average molecular weight is 1060 g/mol. The first-order valence-corrected chi connectivity index (χ1v) is 26.0. The summed E-state index contributed by atoms with van der Waals surface area (Å²) in [5.41, 5.74) is 7.81. The van der Waals surface area contributed by atoms with Crippen molar-refractivity contribution >= 4 is 57.6 Å². The zero-order valence-electron chi connectivity index (χ0n) is 41.5. The van der Waals surface area contributed by atoms with E-state index in [-0.39, 0.29) is 34.1 Å². The molecule has 0 radical (unpaired) electrons. The minimum Gasteiger partial charge on any atom is -0.493 e. The largest absolute Gasteiger partial charge is 0.493 e. The van der Waals surface area contributed by atoms with E-state index in [1.54, 1.807) is 41.6 Å². The maximum atomic E-state index is 14.1. The number of nitrogens with one attached hydrogen (secondary N) is 1. The summed E-state index contributed by atoms with van der Waals surface area (Å²) < 4.78 is 10.9. The van der Waals surface area contributed by atoms with Gasteiger partial charge in [0.1, 0.15) is 23.1 Å². The van der Waals surface area contributed by atoms with E-state index in [1.807, 2.05) is 36.4 Å². The van der Waals surface area contributed by atoms with Gasteiger partial charge in [-0.1, -0.05) is 121 Å². The lowest BCUT2D eigenvalue weighted by molar-refractivity contribution is 0.0434. The summed E-state index contributed by atoms with van der Waals surface area (Å²) in [5.74, 6) is 2.88. The number of carbonyl (C=O) groups excluding carboxylic acids is 2. The number of halogens is 3. The number of carbonyl (C=O) groups is 2. The topological polar surface area (TPSA) is 126 Å². The van der Waals surface area contributed by atoms with Gasteiger partial charge < -0.3 is 14.8 Å². The Morgan fingerprint density at radius 2 is 1.01 bits per heavy atom. The fourth-order valence-corrected chi connectivity index (χ4v) is 11.0. The highest BCUT2D eigenvalue weighted by atomic mass is 35.5. The van der Waals surface area contributed by atoms with Crippen LogP contribution in [0.2, 0.25) is 10.6 Å². The summed E-state index contributed by atoms with van der Waals surface area (Å²) >= 11 is 17.4. The van der Waals surface area contributed by atoms with Crippen molar-refractivity contribution in [3.63, 3.8) is 0 Å². The highest BCUT2D eigenvalue weighted by Crippen LogP contribution is 2.42. The SMILES string of the molecule is CC1(N(C(=O)c2ccc3c(c2)CCO3)c2ccnc(Cl)n2)CN(C(c2ccccc2)c2ccccc2)C1.CC1(Nc2ccnc(Cl)n2)CN(C(c2ccccc2)c2ccccc2)C1.O=C(Cl)c1ccc2c(c1)CCO2. The molecule has 0 saturated carbocycles. The van der Waals surface area contributed by atoms with Gasteiger partial charge in [0.25, 0.3) is 11.1 Å². The molecule has 1 amide bonds. The van der Waals surface area contributed by atoms with E-state index in [1.165, 1.54) is 22.3 Å². The molecule has 0 unspecified atom stereocenters. The van der Waals surface area contributed by atoms with Crippen LogP contribution in [0.3, 0.4) is 0 Å². The Labute approximate surface area is 452 Å². The first-order chi connectivity index (χ1) is 36.4. The molecular formula is C60H55Cl3N8O4. The molecule has 15 heteroatoms. The molecule has 380 valence electrons. The molecule has 2 saturated heterocycles. The van der Waals surface area contributed by atoms with Crippen LogP contribution in [-0.2, 0) is 12.8 Å². The van der Waals surface area contributed by atoms with E-state index in [9.17, 15) is 9.59 Å². The smallest absolute Gasteiger partial charge is 0.260 e. The van der Waals surface area contributed by atoms with Crippen molar-refractivity contribution in [2.45, 2.75) is 49.9 Å². The molecule has 6 heterocycles. The highest BCUT2D eigenvalue weighted by molar-refractivity contribution is 6.67. The van der Waals surface area contributed by atoms with E-state index in [4.69, 9.17) is 44.3 Å². The summed E-state index contributed by atoms with van der Waals surface area (Å²) in [4.78, 5) is 48.2. The highest BCUT2D eigenvalue weighted by Gasteiger charge is 2.50. The first-order valence-electron chi connectivity index (χ1n) is 24.9. The molecule has 6 aromatic carbocycles. The van der Waals surface area contributed by atoms with Crippen LogP contribution in [0.5, 0.6) is 11.5 Å². The minimum absolute atomic E-state index is 0.0422. The molecule has 4 aliphatic heterocycles. The van der Waals surface area contributed by atoms with E-state index < -0.39 is 10.8 Å². The van der Waals surface area contributed by atoms with Crippen molar-refractivity contribution < 1.29 is 19.1 Å². The van der Waals surface area contributed by atoms with Gasteiger partial charge in [0.15, 0.2) is 0 Å². The Kier molecular flexibility index (Phi) is 15.6. The summed E-state index contributed by atoms with van der Waals surface area (Å²) in [5, 5.41) is 3.47. The molecule has 4 aliphatic rings. The van der Waals surface area contributed by atoms with Crippen LogP contribution in [0, 0.1) is 0 Å². The Morgan fingerprint density at radius 1 is 0.573 bits per heavy atom. The van der Waals surface area contributed by atoms with Gasteiger partial charge in [-0.3, -0.25) is 24.3 Å². The predicted molar refractivity (Wildman–Crippen MR) is 295 cm³/mol. The van der Waals surface area contributed by atoms with Crippen LogP contribution in [0.25, 0.3) is 0 Å². The molecule has 0 spiro atoms. The maximum Gasteiger partial charge on any atom is 0.260 e. The molecule has 0 bridgehead atoms. The van der Waals surface area contributed by atoms with E-state index in [0.29, 0.717) is 43.2 Å². The number of hydrogen-bond donors (Lipinski definition) is 1. The number of ether oxygens (including phenoxy) is 2. The van der Waals surface area contributed by atoms with E-state index >= 15 is 0 Å². The number of hydrogen-bond acceptors (Lipinski definition) is 11. The Bertz CT molecular complexity index is 3180. The number of nitrogens with zero attached hydrogens (tertiary/aromatic N) is 7. The van der Waals surface area contributed by atoms with Gasteiger partial charge in [0.2, 0.25) is 10.6 Å². The molecule has 2 fully saturated rings. The summed E-state index contributed by atoms with van der Waals surface area (Å²) in [6.07, 6.45) is 4.94. The number of amides is 1. The summed E-state index contributed by atoms with van der Waals surface area (Å²) in [7, 11) is 0. The van der Waals surface area contributed by atoms with Gasteiger partial charge in [0, 0.05) is 62.5 Å². The van der Waals surface area contributed by atoms with Gasteiger partial charge in [-0.2, -0.15) is 0 Å². The molecule has 8 aromatic rings. The number of anilines is 2. The summed E-state index contributed by atoms with van der Waals surface area (Å²) in [6.45, 7) is 8.85.